The molecule has 2 rings (SSSR count). The number of hydrazine groups is 1. The molecule has 1 aromatic carbocycles. The average Bonchev–Trinajstić information content (AvgIpc) is 2.30. The molecular weight excluding hydrogens is 136 g/mol. The second kappa shape index (κ2) is 2.24. The fourth-order valence-electron chi connectivity index (χ4n) is 1.44. The molecule has 0 amide bonds. The van der Waals surface area contributed by atoms with E-state index in [9.17, 15) is 0 Å². The molecule has 2 nitrogen and oxygen atoms in total. The molecule has 0 aromatic heterocycles. The molecular formula is C9H11N2. The molecule has 0 spiro atoms. The molecule has 0 fully saturated rings. The lowest BCUT2D eigenvalue weighted by Gasteiger charge is -2.20. The zero-order valence-corrected chi connectivity index (χ0v) is 6.83. The Morgan fingerprint density at radius 2 is 2.27 bits per heavy atom. The van der Waals surface area contributed by atoms with Gasteiger partial charge in [0.05, 0.1) is 5.69 Å². The third kappa shape index (κ3) is 0.906. The van der Waals surface area contributed by atoms with Gasteiger partial charge in [-0.1, -0.05) is 6.07 Å². The van der Waals surface area contributed by atoms with E-state index in [0.29, 0.717) is 0 Å². The molecule has 0 bridgehead atoms. The van der Waals surface area contributed by atoms with Crippen LogP contribution in [0.15, 0.2) is 18.2 Å². The van der Waals surface area contributed by atoms with Crippen LogP contribution in [0, 0.1) is 6.07 Å². The van der Waals surface area contributed by atoms with Crippen molar-refractivity contribution >= 4 is 5.69 Å². The molecule has 0 N–H and O–H groups in total. The Morgan fingerprint density at radius 1 is 1.45 bits per heavy atom. The van der Waals surface area contributed by atoms with Crippen LogP contribution >= 0.6 is 0 Å². The second-order valence-corrected chi connectivity index (χ2v) is 2.89. The van der Waals surface area contributed by atoms with Crippen molar-refractivity contribution in [2.75, 3.05) is 19.1 Å². The van der Waals surface area contributed by atoms with Gasteiger partial charge in [0.2, 0.25) is 0 Å². The average molecular weight is 147 g/mol. The first-order valence-electron chi connectivity index (χ1n) is 3.73. The van der Waals surface area contributed by atoms with Crippen molar-refractivity contribution in [3.63, 3.8) is 0 Å². The van der Waals surface area contributed by atoms with Crippen LogP contribution in [0.1, 0.15) is 5.56 Å². The molecule has 0 saturated heterocycles. The summed E-state index contributed by atoms with van der Waals surface area (Å²) in [5.41, 5.74) is 2.66. The Balaban J connectivity index is 2.47. The summed E-state index contributed by atoms with van der Waals surface area (Å²) in [6.07, 6.45) is 0. The van der Waals surface area contributed by atoms with Gasteiger partial charge in [0.1, 0.15) is 0 Å². The Hall–Kier alpha value is -1.02. The highest BCUT2D eigenvalue weighted by Crippen LogP contribution is 2.27. The molecule has 0 aliphatic carbocycles. The summed E-state index contributed by atoms with van der Waals surface area (Å²) < 4.78 is 0. The summed E-state index contributed by atoms with van der Waals surface area (Å²) in [6.45, 7) is 1.00. The minimum atomic E-state index is 1.00. The zero-order chi connectivity index (χ0) is 7.84. The van der Waals surface area contributed by atoms with E-state index in [2.05, 4.69) is 42.3 Å². The molecule has 0 unspecified atom stereocenters. The Kier molecular flexibility index (Phi) is 1.36. The van der Waals surface area contributed by atoms with Crippen molar-refractivity contribution in [3.05, 3.63) is 29.8 Å². The highest BCUT2D eigenvalue weighted by molar-refractivity contribution is 5.54. The van der Waals surface area contributed by atoms with Crippen molar-refractivity contribution < 1.29 is 0 Å². The van der Waals surface area contributed by atoms with Crippen molar-refractivity contribution in [1.29, 1.82) is 0 Å². The number of benzene rings is 1. The molecule has 0 saturated carbocycles. The smallest absolute Gasteiger partial charge is 0.0565 e. The summed E-state index contributed by atoms with van der Waals surface area (Å²) >= 11 is 0. The number of nitrogens with zero attached hydrogens (tertiary/aromatic N) is 2. The summed E-state index contributed by atoms with van der Waals surface area (Å²) in [5, 5.41) is 4.34. The molecule has 11 heavy (non-hydrogen) atoms. The summed E-state index contributed by atoms with van der Waals surface area (Å²) in [7, 11) is 4.16. The lowest BCUT2D eigenvalue weighted by molar-refractivity contribution is 0.345. The molecule has 1 radical (unpaired) electrons. The van der Waals surface area contributed by atoms with E-state index in [-0.39, 0.29) is 0 Å². The normalized spacial score (nSPS) is 17.1. The minimum absolute atomic E-state index is 1.00. The fraction of sp³-hybridized carbons (Fsp3) is 0.333. The van der Waals surface area contributed by atoms with Crippen LogP contribution in [0.25, 0.3) is 0 Å². The third-order valence-electron chi connectivity index (χ3n) is 2.18. The van der Waals surface area contributed by atoms with Gasteiger partial charge >= 0.3 is 0 Å². The Labute approximate surface area is 67.0 Å². The van der Waals surface area contributed by atoms with Gasteiger partial charge in [0, 0.05) is 20.6 Å². The van der Waals surface area contributed by atoms with E-state index in [1.807, 2.05) is 6.07 Å². The Morgan fingerprint density at radius 3 is 3.00 bits per heavy atom. The first-order chi connectivity index (χ1) is 5.29. The van der Waals surface area contributed by atoms with E-state index in [0.717, 1.165) is 6.54 Å². The van der Waals surface area contributed by atoms with Crippen LogP contribution in [-0.2, 0) is 6.54 Å². The predicted molar refractivity (Wildman–Crippen MR) is 45.1 cm³/mol. The molecule has 1 aromatic rings. The minimum Gasteiger partial charge on any atom is -0.308 e. The van der Waals surface area contributed by atoms with E-state index >= 15 is 0 Å². The Bertz CT molecular complexity index is 270. The lowest BCUT2D eigenvalue weighted by Crippen LogP contribution is -2.29. The van der Waals surface area contributed by atoms with Crippen molar-refractivity contribution in [2.45, 2.75) is 6.54 Å². The number of hydrogen-bond donors (Lipinski definition) is 0. The summed E-state index contributed by atoms with van der Waals surface area (Å²) in [4.78, 5) is 0. The molecule has 57 valence electrons. The van der Waals surface area contributed by atoms with Crippen LogP contribution < -0.4 is 5.01 Å². The molecule has 1 aliphatic heterocycles. The van der Waals surface area contributed by atoms with Gasteiger partial charge in [-0.2, -0.15) is 0 Å². The van der Waals surface area contributed by atoms with E-state index < -0.39 is 0 Å². The van der Waals surface area contributed by atoms with Gasteiger partial charge in [-0.05, 0) is 23.8 Å². The first kappa shape index (κ1) is 6.68. The van der Waals surface area contributed by atoms with Crippen molar-refractivity contribution in [1.82, 2.24) is 5.01 Å². The highest BCUT2D eigenvalue weighted by Gasteiger charge is 2.19. The van der Waals surface area contributed by atoms with Gasteiger partial charge in [0.15, 0.2) is 0 Å². The van der Waals surface area contributed by atoms with Crippen LogP contribution in [0.2, 0.25) is 0 Å². The third-order valence-corrected chi connectivity index (χ3v) is 2.18. The quantitative estimate of drug-likeness (QED) is 0.545. The van der Waals surface area contributed by atoms with Crippen molar-refractivity contribution in [3.8, 4) is 0 Å². The molecule has 1 heterocycles. The van der Waals surface area contributed by atoms with Gasteiger partial charge in [-0.15, -0.1) is 0 Å². The number of fused-ring (bicyclic) bond motifs is 1. The van der Waals surface area contributed by atoms with Crippen LogP contribution in [0.5, 0.6) is 0 Å². The van der Waals surface area contributed by atoms with Gasteiger partial charge < -0.3 is 5.01 Å². The van der Waals surface area contributed by atoms with E-state index in [1.165, 1.54) is 11.3 Å². The fourth-order valence-corrected chi connectivity index (χ4v) is 1.44. The maximum absolute atomic E-state index is 3.08. The van der Waals surface area contributed by atoms with E-state index in [1.54, 1.807) is 0 Å². The highest BCUT2D eigenvalue weighted by atomic mass is 15.6. The monoisotopic (exact) mass is 147 g/mol. The summed E-state index contributed by atoms with van der Waals surface area (Å²) in [5.74, 6) is 0. The number of rotatable bonds is 0. The first-order valence-corrected chi connectivity index (χ1v) is 3.73. The number of hydrogen-bond acceptors (Lipinski definition) is 2. The SMILES string of the molecule is CN1Cc2c[c]ccc2N1C. The van der Waals surface area contributed by atoms with E-state index in [4.69, 9.17) is 0 Å². The second-order valence-electron chi connectivity index (χ2n) is 2.89. The zero-order valence-electron chi connectivity index (χ0n) is 6.83. The maximum Gasteiger partial charge on any atom is 0.0565 e. The molecule has 2 heteroatoms. The van der Waals surface area contributed by atoms with Crippen LogP contribution in [0.4, 0.5) is 5.69 Å². The molecule has 0 atom stereocenters. The lowest BCUT2D eigenvalue weighted by atomic mass is 10.2. The van der Waals surface area contributed by atoms with Crippen molar-refractivity contribution in [2.24, 2.45) is 0 Å². The van der Waals surface area contributed by atoms with Gasteiger partial charge in [0.25, 0.3) is 0 Å². The van der Waals surface area contributed by atoms with Crippen LogP contribution in [0.3, 0.4) is 0 Å². The maximum atomic E-state index is 3.08. The number of anilines is 1. The largest absolute Gasteiger partial charge is 0.308 e. The van der Waals surface area contributed by atoms with Crippen LogP contribution in [-0.4, -0.2) is 19.1 Å². The molecule has 1 aliphatic rings. The van der Waals surface area contributed by atoms with Gasteiger partial charge in [-0.3, -0.25) is 0 Å². The van der Waals surface area contributed by atoms with Gasteiger partial charge in [-0.25, -0.2) is 5.01 Å². The standard InChI is InChI=1S/C9H11N2/c1-10-7-8-5-3-4-6-9(8)11(10)2/h4-6H,7H2,1-2H3. The topological polar surface area (TPSA) is 6.48 Å². The summed E-state index contributed by atoms with van der Waals surface area (Å²) in [6, 6.07) is 9.18. The predicted octanol–water partition coefficient (Wildman–Crippen LogP) is 1.28.